The van der Waals surface area contributed by atoms with Crippen molar-refractivity contribution < 1.29 is 0 Å². The molecule has 0 saturated heterocycles. The monoisotopic (exact) mass is 606 g/mol. The Hall–Kier alpha value is -6.24. The SMILES string of the molecule is c1ccc2c(-c3ccc(-c4c5ccccc5c(-c5ccc6ccc7ccccc7c6c5)c5ccccc45)c4ccccc34)cccc2c1. The summed E-state index contributed by atoms with van der Waals surface area (Å²) in [6.45, 7) is 0. The molecule has 0 saturated carbocycles. The van der Waals surface area contributed by atoms with E-state index in [4.69, 9.17) is 0 Å². The van der Waals surface area contributed by atoms with E-state index in [9.17, 15) is 0 Å². The van der Waals surface area contributed by atoms with E-state index in [1.54, 1.807) is 0 Å². The highest BCUT2D eigenvalue weighted by Gasteiger charge is 2.19. The van der Waals surface area contributed by atoms with Crippen LogP contribution >= 0.6 is 0 Å². The third kappa shape index (κ3) is 4.03. The van der Waals surface area contributed by atoms with Gasteiger partial charge in [0.05, 0.1) is 0 Å². The van der Waals surface area contributed by atoms with Gasteiger partial charge in [0.2, 0.25) is 0 Å². The van der Waals surface area contributed by atoms with Crippen molar-refractivity contribution in [2.24, 2.45) is 0 Å². The van der Waals surface area contributed by atoms with Crippen LogP contribution in [0, 0.1) is 0 Å². The van der Waals surface area contributed by atoms with Gasteiger partial charge in [-0.05, 0) is 104 Å². The average molecular weight is 607 g/mol. The lowest BCUT2D eigenvalue weighted by molar-refractivity contribution is 1.66. The first-order chi connectivity index (χ1) is 23.8. The van der Waals surface area contributed by atoms with Gasteiger partial charge in [-0.25, -0.2) is 0 Å². The number of hydrogen-bond acceptors (Lipinski definition) is 0. The third-order valence-corrected chi connectivity index (χ3v) is 10.2. The van der Waals surface area contributed by atoms with Crippen molar-refractivity contribution in [1.82, 2.24) is 0 Å². The number of fused-ring (bicyclic) bond motifs is 7. The molecule has 0 atom stereocenters. The maximum Gasteiger partial charge on any atom is -0.00201 e. The van der Waals surface area contributed by atoms with Gasteiger partial charge in [0, 0.05) is 0 Å². The second kappa shape index (κ2) is 10.7. The average Bonchev–Trinajstić information content (AvgIpc) is 3.16. The van der Waals surface area contributed by atoms with Crippen LogP contribution in [-0.4, -0.2) is 0 Å². The maximum atomic E-state index is 2.40. The van der Waals surface area contributed by atoms with Crippen LogP contribution in [0.25, 0.3) is 98.0 Å². The Bertz CT molecular complexity index is 2830. The van der Waals surface area contributed by atoms with Gasteiger partial charge >= 0.3 is 0 Å². The summed E-state index contributed by atoms with van der Waals surface area (Å²) in [7, 11) is 0. The van der Waals surface area contributed by atoms with Gasteiger partial charge in [0.15, 0.2) is 0 Å². The number of hydrogen-bond donors (Lipinski definition) is 0. The molecule has 0 radical (unpaired) electrons. The van der Waals surface area contributed by atoms with Crippen LogP contribution in [0.4, 0.5) is 0 Å². The normalized spacial score (nSPS) is 11.8. The quantitative estimate of drug-likeness (QED) is 0.139. The molecule has 10 rings (SSSR count). The summed E-state index contributed by atoms with van der Waals surface area (Å²) in [5.74, 6) is 0. The van der Waals surface area contributed by atoms with Crippen molar-refractivity contribution in [3.8, 4) is 33.4 Å². The van der Waals surface area contributed by atoms with Gasteiger partial charge in [-0.15, -0.1) is 0 Å². The fraction of sp³-hybridized carbons (Fsp3) is 0. The fourth-order valence-corrected chi connectivity index (χ4v) is 8.10. The number of benzene rings is 10. The van der Waals surface area contributed by atoms with E-state index in [0.29, 0.717) is 0 Å². The lowest BCUT2D eigenvalue weighted by atomic mass is 9.83. The molecule has 0 amide bonds. The van der Waals surface area contributed by atoms with Crippen molar-refractivity contribution in [2.75, 3.05) is 0 Å². The Morgan fingerprint density at radius 1 is 0.208 bits per heavy atom. The highest BCUT2D eigenvalue weighted by molar-refractivity contribution is 6.25. The molecule has 10 aromatic carbocycles. The second-order valence-corrected chi connectivity index (χ2v) is 12.8. The second-order valence-electron chi connectivity index (χ2n) is 12.8. The van der Waals surface area contributed by atoms with Crippen molar-refractivity contribution in [2.45, 2.75) is 0 Å². The molecule has 0 aliphatic rings. The lowest BCUT2D eigenvalue weighted by Gasteiger charge is -2.20. The maximum absolute atomic E-state index is 2.40. The van der Waals surface area contributed by atoms with Crippen LogP contribution in [-0.2, 0) is 0 Å². The van der Waals surface area contributed by atoms with Crippen LogP contribution < -0.4 is 0 Å². The van der Waals surface area contributed by atoms with E-state index in [1.807, 2.05) is 0 Å². The molecule has 0 aromatic heterocycles. The summed E-state index contributed by atoms with van der Waals surface area (Å²) in [4.78, 5) is 0. The highest BCUT2D eigenvalue weighted by atomic mass is 14.2. The molecule has 48 heavy (non-hydrogen) atoms. The number of rotatable bonds is 3. The van der Waals surface area contributed by atoms with Crippen molar-refractivity contribution >= 4 is 64.6 Å². The summed E-state index contributed by atoms with van der Waals surface area (Å²) >= 11 is 0. The van der Waals surface area contributed by atoms with Gasteiger partial charge in [-0.3, -0.25) is 0 Å². The standard InChI is InChI=1S/C48H30/c1-3-15-35-31(12-1)14-11-23-37(35)40-28-29-45(39-18-6-5-17-38(39)40)48-43-21-9-7-19-41(43)47(42-20-8-10-22-44(42)48)34-27-26-33-25-24-32-13-2-4-16-36(32)46(33)30-34/h1-30H. The molecule has 0 heterocycles. The predicted molar refractivity (Wildman–Crippen MR) is 208 cm³/mol. The Kier molecular flexibility index (Phi) is 5.98. The summed E-state index contributed by atoms with van der Waals surface area (Å²) in [5.41, 5.74) is 7.62. The third-order valence-electron chi connectivity index (χ3n) is 10.2. The lowest BCUT2D eigenvalue weighted by Crippen LogP contribution is -1.93. The van der Waals surface area contributed by atoms with E-state index in [-0.39, 0.29) is 0 Å². The molecular formula is C48H30. The molecule has 0 aliphatic heterocycles. The van der Waals surface area contributed by atoms with Gasteiger partial charge in [0.25, 0.3) is 0 Å². The minimum atomic E-state index is 1.24. The van der Waals surface area contributed by atoms with Crippen LogP contribution in [0.3, 0.4) is 0 Å². The smallest absolute Gasteiger partial charge is 0.00201 e. The summed E-state index contributed by atoms with van der Waals surface area (Å²) in [6, 6.07) is 67.1. The first kappa shape index (κ1) is 26.9. The zero-order valence-electron chi connectivity index (χ0n) is 26.3. The minimum Gasteiger partial charge on any atom is -0.0616 e. The van der Waals surface area contributed by atoms with Crippen LogP contribution in [0.15, 0.2) is 182 Å². The molecule has 0 fully saturated rings. The van der Waals surface area contributed by atoms with Gasteiger partial charge < -0.3 is 0 Å². The van der Waals surface area contributed by atoms with Crippen molar-refractivity contribution in [3.63, 3.8) is 0 Å². The molecular weight excluding hydrogens is 577 g/mol. The highest BCUT2D eigenvalue weighted by Crippen LogP contribution is 2.47. The Morgan fingerprint density at radius 3 is 1.29 bits per heavy atom. The van der Waals surface area contributed by atoms with E-state index >= 15 is 0 Å². The van der Waals surface area contributed by atoms with Gasteiger partial charge in [-0.1, -0.05) is 176 Å². The first-order valence-electron chi connectivity index (χ1n) is 16.7. The summed E-state index contributed by atoms with van der Waals surface area (Å²) < 4.78 is 0. The summed E-state index contributed by atoms with van der Waals surface area (Å²) in [5, 5.41) is 15.3. The van der Waals surface area contributed by atoms with Crippen LogP contribution in [0.2, 0.25) is 0 Å². The van der Waals surface area contributed by atoms with E-state index < -0.39 is 0 Å². The first-order valence-corrected chi connectivity index (χ1v) is 16.7. The van der Waals surface area contributed by atoms with E-state index in [2.05, 4.69) is 182 Å². The topological polar surface area (TPSA) is 0 Å². The minimum absolute atomic E-state index is 1.24. The largest absolute Gasteiger partial charge is 0.0616 e. The summed E-state index contributed by atoms with van der Waals surface area (Å²) in [6.07, 6.45) is 0. The Balaban J connectivity index is 1.28. The van der Waals surface area contributed by atoms with Crippen LogP contribution in [0.5, 0.6) is 0 Å². The molecule has 222 valence electrons. The molecule has 0 heteroatoms. The van der Waals surface area contributed by atoms with E-state index in [0.717, 1.165) is 0 Å². The van der Waals surface area contributed by atoms with Crippen molar-refractivity contribution in [1.29, 1.82) is 0 Å². The molecule has 0 N–H and O–H groups in total. The molecule has 0 aliphatic carbocycles. The van der Waals surface area contributed by atoms with Gasteiger partial charge in [-0.2, -0.15) is 0 Å². The molecule has 0 unspecified atom stereocenters. The molecule has 0 bridgehead atoms. The van der Waals surface area contributed by atoms with Crippen molar-refractivity contribution in [3.05, 3.63) is 182 Å². The molecule has 10 aromatic rings. The predicted octanol–water partition coefficient (Wildman–Crippen LogP) is 13.6. The molecule has 0 nitrogen and oxygen atoms in total. The van der Waals surface area contributed by atoms with Crippen LogP contribution in [0.1, 0.15) is 0 Å². The van der Waals surface area contributed by atoms with E-state index in [1.165, 1.54) is 98.0 Å². The fourth-order valence-electron chi connectivity index (χ4n) is 8.10. The zero-order valence-corrected chi connectivity index (χ0v) is 26.3. The molecule has 0 spiro atoms. The Labute approximate surface area is 279 Å². The Morgan fingerprint density at radius 2 is 0.625 bits per heavy atom. The van der Waals surface area contributed by atoms with Gasteiger partial charge in [0.1, 0.15) is 0 Å². The zero-order chi connectivity index (χ0) is 31.6.